The summed E-state index contributed by atoms with van der Waals surface area (Å²) in [6.45, 7) is 4.57. The van der Waals surface area contributed by atoms with Gasteiger partial charge in [0.2, 0.25) is 0 Å². The molecule has 0 atom stereocenters. The fourth-order valence-corrected chi connectivity index (χ4v) is 8.06. The summed E-state index contributed by atoms with van der Waals surface area (Å²) in [7, 11) is 3.80. The van der Waals surface area contributed by atoms with Crippen LogP contribution >= 0.6 is 0 Å². The van der Waals surface area contributed by atoms with Crippen molar-refractivity contribution < 1.29 is 24.0 Å². The minimum absolute atomic E-state index is 1.23. The van der Waals surface area contributed by atoms with Crippen molar-refractivity contribution in [1.29, 1.82) is 0 Å². The molecular weight excluding hydrogens is 344 g/mol. The van der Waals surface area contributed by atoms with E-state index in [4.69, 9.17) is 6.64 Å². The normalized spacial score (nSPS) is 12.0. The topological polar surface area (TPSA) is 18.5 Å². The third kappa shape index (κ3) is 15.4. The second kappa shape index (κ2) is 19.4. The molecule has 0 aromatic carbocycles. The van der Waals surface area contributed by atoms with Gasteiger partial charge in [-0.15, -0.1) is 0 Å². The molecule has 0 radical (unpaired) electrons. The van der Waals surface area contributed by atoms with Crippen molar-refractivity contribution >= 4 is 0 Å². The van der Waals surface area contributed by atoms with Crippen LogP contribution in [0.5, 0.6) is 0 Å². The second-order valence-electron chi connectivity index (χ2n) is 7.77. The van der Waals surface area contributed by atoms with Crippen LogP contribution in [0.15, 0.2) is 0 Å². The van der Waals surface area contributed by atoms with Crippen molar-refractivity contribution in [3.05, 3.63) is 0 Å². The number of hydrogen-bond acceptors (Lipinski definition) is 2. The number of unbranched alkanes of at least 4 members (excludes halogenated alkanes) is 14. The molecule has 0 spiro atoms. The fraction of sp³-hybridized carbons (Fsp3) is 1.00. The van der Waals surface area contributed by atoms with Crippen molar-refractivity contribution in [2.24, 2.45) is 0 Å². The number of rotatable bonds is 20. The molecule has 0 fully saturated rings. The molecule has 0 aromatic heterocycles. The Morgan fingerprint density at radius 2 is 0.720 bits per heavy atom. The van der Waals surface area contributed by atoms with Crippen LogP contribution in [-0.4, -0.2) is 14.2 Å². The maximum atomic E-state index is 5.97. The molecule has 0 aliphatic carbocycles. The van der Waals surface area contributed by atoms with Crippen LogP contribution in [0.1, 0.15) is 117 Å². The first-order chi connectivity index (χ1) is 12.2. The molecule has 0 rings (SSSR count). The Kier molecular flexibility index (Phi) is 19.9. The van der Waals surface area contributed by atoms with Crippen LogP contribution in [0.3, 0.4) is 0 Å². The average molecular weight is 392 g/mol. The van der Waals surface area contributed by atoms with Gasteiger partial charge in [0.05, 0.1) is 0 Å². The van der Waals surface area contributed by atoms with E-state index in [0.717, 1.165) is 0 Å². The average Bonchev–Trinajstić information content (AvgIpc) is 2.64. The van der Waals surface area contributed by atoms with Gasteiger partial charge in [0.15, 0.2) is 0 Å². The summed E-state index contributed by atoms with van der Waals surface area (Å²) in [5, 5.41) is 0. The number of hydrogen-bond donors (Lipinski definition) is 0. The van der Waals surface area contributed by atoms with Crippen LogP contribution in [0.25, 0.3) is 0 Å². The summed E-state index contributed by atoms with van der Waals surface area (Å²) in [6.07, 6.45) is 22.2. The molecule has 25 heavy (non-hydrogen) atoms. The summed E-state index contributed by atoms with van der Waals surface area (Å²) < 4.78 is 14.4. The Morgan fingerprint density at radius 3 is 1.00 bits per heavy atom. The van der Waals surface area contributed by atoms with Gasteiger partial charge < -0.3 is 0 Å². The van der Waals surface area contributed by atoms with Crippen molar-refractivity contribution in [3.8, 4) is 0 Å². The standard InChI is InChI=1S/2C10H21.2CH3O.Ti/c2*1-3-5-7-9-10-8-6-4-2;2*1-2;/h2*1,3-10H2,2H3;2*1H3;/q;;2*-1;+2. The van der Waals surface area contributed by atoms with Gasteiger partial charge in [0, 0.05) is 0 Å². The zero-order chi connectivity index (χ0) is 18.6. The molecule has 2 nitrogen and oxygen atoms in total. The van der Waals surface area contributed by atoms with E-state index in [9.17, 15) is 0 Å². The second-order valence-corrected chi connectivity index (χ2v) is 13.4. The fourth-order valence-electron chi connectivity index (χ4n) is 3.67. The van der Waals surface area contributed by atoms with Crippen LogP contribution < -0.4 is 0 Å². The molecule has 3 heteroatoms. The van der Waals surface area contributed by atoms with E-state index in [1.54, 1.807) is 0 Å². The van der Waals surface area contributed by atoms with Gasteiger partial charge in [-0.3, -0.25) is 0 Å². The van der Waals surface area contributed by atoms with Gasteiger partial charge in [-0.1, -0.05) is 0 Å². The molecule has 0 heterocycles. The first kappa shape index (κ1) is 25.6. The Hall–Kier alpha value is 0.634. The van der Waals surface area contributed by atoms with E-state index in [0.29, 0.717) is 0 Å². The predicted octanol–water partition coefficient (Wildman–Crippen LogP) is 8.38. The Bertz CT molecular complexity index is 232. The van der Waals surface area contributed by atoms with Crippen molar-refractivity contribution in [2.75, 3.05) is 14.2 Å². The van der Waals surface area contributed by atoms with Crippen LogP contribution in [0.2, 0.25) is 9.45 Å². The zero-order valence-corrected chi connectivity index (χ0v) is 19.6. The Labute approximate surface area is 164 Å². The quantitative estimate of drug-likeness (QED) is 0.153. The molecule has 0 aliphatic rings. The van der Waals surface area contributed by atoms with Gasteiger partial charge in [-0.05, 0) is 0 Å². The van der Waals surface area contributed by atoms with Gasteiger partial charge in [-0.25, -0.2) is 0 Å². The molecule has 152 valence electrons. The molecule has 0 aromatic rings. The van der Waals surface area contributed by atoms with Crippen LogP contribution in [0.4, 0.5) is 0 Å². The van der Waals surface area contributed by atoms with E-state index >= 15 is 0 Å². The van der Waals surface area contributed by atoms with E-state index in [2.05, 4.69) is 13.8 Å². The molecule has 0 saturated heterocycles. The minimum atomic E-state index is -2.46. The first-order valence-corrected chi connectivity index (χ1v) is 14.8. The zero-order valence-electron chi connectivity index (χ0n) is 18.0. The summed E-state index contributed by atoms with van der Waals surface area (Å²) >= 11 is -2.46. The molecule has 0 amide bonds. The molecule has 0 N–H and O–H groups in total. The Morgan fingerprint density at radius 1 is 0.440 bits per heavy atom. The van der Waals surface area contributed by atoms with Gasteiger partial charge >= 0.3 is 164 Å². The summed E-state index contributed by atoms with van der Waals surface area (Å²) in [5.74, 6) is 0. The van der Waals surface area contributed by atoms with Gasteiger partial charge in [0.25, 0.3) is 0 Å². The van der Waals surface area contributed by atoms with Crippen molar-refractivity contribution in [1.82, 2.24) is 0 Å². The monoisotopic (exact) mass is 392 g/mol. The van der Waals surface area contributed by atoms with Gasteiger partial charge in [-0.2, -0.15) is 0 Å². The third-order valence-corrected chi connectivity index (χ3v) is 11.4. The SMILES string of the molecule is CCCCCCCCC[CH2][Ti]([CH2]CCCCCCCCC)([O]C)[O]C. The third-order valence-electron chi connectivity index (χ3n) is 5.57. The maximum absolute atomic E-state index is 5.97. The van der Waals surface area contributed by atoms with Crippen molar-refractivity contribution in [2.45, 2.75) is 126 Å². The molecule has 0 bridgehead atoms. The molecular formula is C22H48O2Ti. The molecule has 0 unspecified atom stereocenters. The van der Waals surface area contributed by atoms with Crippen molar-refractivity contribution in [3.63, 3.8) is 0 Å². The summed E-state index contributed by atoms with van der Waals surface area (Å²) in [5.41, 5.74) is 0. The van der Waals surface area contributed by atoms with Gasteiger partial charge in [0.1, 0.15) is 0 Å². The summed E-state index contributed by atoms with van der Waals surface area (Å²) in [6, 6.07) is 0. The summed E-state index contributed by atoms with van der Waals surface area (Å²) in [4.78, 5) is 0. The Balaban J connectivity index is 3.70. The van der Waals surface area contributed by atoms with E-state index in [1.807, 2.05) is 14.2 Å². The van der Waals surface area contributed by atoms with E-state index in [1.165, 1.54) is 112 Å². The first-order valence-electron chi connectivity index (χ1n) is 11.3. The van der Waals surface area contributed by atoms with Crippen LogP contribution in [-0.2, 0) is 24.0 Å². The van der Waals surface area contributed by atoms with Crippen LogP contribution in [0, 0.1) is 0 Å². The predicted molar refractivity (Wildman–Crippen MR) is 109 cm³/mol. The van der Waals surface area contributed by atoms with E-state index in [-0.39, 0.29) is 0 Å². The molecule has 0 saturated carbocycles. The molecule has 0 aliphatic heterocycles. The van der Waals surface area contributed by atoms with E-state index < -0.39 is 17.4 Å².